The van der Waals surface area contributed by atoms with Crippen molar-refractivity contribution in [1.29, 1.82) is 0 Å². The van der Waals surface area contributed by atoms with E-state index in [1.165, 1.54) is 4.90 Å². The van der Waals surface area contributed by atoms with Crippen LogP contribution in [0, 0.1) is 0 Å². The number of amides is 2. The van der Waals surface area contributed by atoms with Crippen molar-refractivity contribution in [2.45, 2.75) is 39.7 Å². The third-order valence-electron chi connectivity index (χ3n) is 1.49. The molecule has 0 unspecified atom stereocenters. The van der Waals surface area contributed by atoms with Crippen molar-refractivity contribution in [2.75, 3.05) is 13.1 Å². The predicted octanol–water partition coefficient (Wildman–Crippen LogP) is 1.12. The zero-order valence-corrected chi connectivity index (χ0v) is 9.87. The van der Waals surface area contributed by atoms with E-state index < -0.39 is 17.6 Å². The summed E-state index contributed by atoms with van der Waals surface area (Å²) >= 11 is 0. The molecule has 0 bridgehead atoms. The number of nitrogens with zero attached hydrogens (tertiary/aromatic N) is 1. The highest BCUT2D eigenvalue weighted by Crippen LogP contribution is 2.09. The van der Waals surface area contributed by atoms with E-state index in [2.05, 4.69) is 0 Å². The Bertz CT molecular complexity index is 233. The van der Waals surface area contributed by atoms with Gasteiger partial charge in [-0.1, -0.05) is 6.92 Å². The van der Waals surface area contributed by atoms with Crippen molar-refractivity contribution < 1.29 is 14.3 Å². The Labute approximate surface area is 90.6 Å². The molecule has 0 atom stereocenters. The van der Waals surface area contributed by atoms with Crippen LogP contribution in [0.2, 0.25) is 0 Å². The van der Waals surface area contributed by atoms with E-state index in [4.69, 9.17) is 10.5 Å². The molecule has 0 heterocycles. The van der Waals surface area contributed by atoms with E-state index in [1.807, 2.05) is 6.92 Å². The van der Waals surface area contributed by atoms with Crippen molar-refractivity contribution in [1.82, 2.24) is 4.90 Å². The fourth-order valence-corrected chi connectivity index (χ4v) is 1.02. The van der Waals surface area contributed by atoms with Gasteiger partial charge in [-0.05, 0) is 27.2 Å². The first kappa shape index (κ1) is 13.7. The molecule has 0 rings (SSSR count). The van der Waals surface area contributed by atoms with Crippen LogP contribution in [0.15, 0.2) is 0 Å². The molecule has 0 saturated heterocycles. The van der Waals surface area contributed by atoms with Crippen LogP contribution < -0.4 is 5.73 Å². The second kappa shape index (κ2) is 5.58. The summed E-state index contributed by atoms with van der Waals surface area (Å²) in [7, 11) is 0. The standard InChI is InChI=1S/C10H20N2O3/c1-5-6-12(7-8(11)13)9(14)15-10(2,3)4/h5-7H2,1-4H3,(H2,11,13). The molecule has 0 aromatic heterocycles. The lowest BCUT2D eigenvalue weighted by atomic mass is 10.2. The normalized spacial score (nSPS) is 10.9. The van der Waals surface area contributed by atoms with Gasteiger partial charge in [-0.15, -0.1) is 0 Å². The molecule has 5 nitrogen and oxygen atoms in total. The fourth-order valence-electron chi connectivity index (χ4n) is 1.02. The minimum atomic E-state index is -0.555. The number of primary amides is 1. The van der Waals surface area contributed by atoms with Crippen LogP contribution in [0.5, 0.6) is 0 Å². The highest BCUT2D eigenvalue weighted by molar-refractivity contribution is 5.80. The number of nitrogens with two attached hydrogens (primary N) is 1. The molecule has 0 aromatic carbocycles. The first-order valence-corrected chi connectivity index (χ1v) is 5.02. The second-order valence-corrected chi connectivity index (χ2v) is 4.37. The minimum absolute atomic E-state index is 0.0945. The van der Waals surface area contributed by atoms with E-state index in [0.29, 0.717) is 6.54 Å². The van der Waals surface area contributed by atoms with E-state index in [-0.39, 0.29) is 6.54 Å². The summed E-state index contributed by atoms with van der Waals surface area (Å²) < 4.78 is 5.13. The summed E-state index contributed by atoms with van der Waals surface area (Å²) in [5.74, 6) is -0.533. The predicted molar refractivity (Wildman–Crippen MR) is 57.3 cm³/mol. The zero-order chi connectivity index (χ0) is 12.1. The van der Waals surface area contributed by atoms with Gasteiger partial charge in [0, 0.05) is 6.54 Å². The largest absolute Gasteiger partial charge is 0.444 e. The number of hydrogen-bond donors (Lipinski definition) is 1. The van der Waals surface area contributed by atoms with Crippen molar-refractivity contribution in [2.24, 2.45) is 5.73 Å². The lowest BCUT2D eigenvalue weighted by Crippen LogP contribution is -2.42. The molecule has 2 amide bonds. The Hall–Kier alpha value is -1.26. The number of carbonyl (C=O) groups excluding carboxylic acids is 2. The minimum Gasteiger partial charge on any atom is -0.444 e. The molecule has 0 aliphatic heterocycles. The van der Waals surface area contributed by atoms with Crippen molar-refractivity contribution >= 4 is 12.0 Å². The van der Waals surface area contributed by atoms with Crippen molar-refractivity contribution in [3.63, 3.8) is 0 Å². The van der Waals surface area contributed by atoms with Crippen LogP contribution >= 0.6 is 0 Å². The third kappa shape index (κ3) is 6.76. The summed E-state index contributed by atoms with van der Waals surface area (Å²) in [6, 6.07) is 0. The Morgan fingerprint density at radius 2 is 1.87 bits per heavy atom. The van der Waals surface area contributed by atoms with Crippen LogP contribution in [-0.2, 0) is 9.53 Å². The monoisotopic (exact) mass is 216 g/mol. The van der Waals surface area contributed by atoms with Gasteiger partial charge in [0.25, 0.3) is 0 Å². The highest BCUT2D eigenvalue weighted by Gasteiger charge is 2.22. The van der Waals surface area contributed by atoms with E-state index >= 15 is 0 Å². The summed E-state index contributed by atoms with van der Waals surface area (Å²) in [4.78, 5) is 23.6. The topological polar surface area (TPSA) is 72.6 Å². The van der Waals surface area contributed by atoms with Crippen LogP contribution in [0.4, 0.5) is 4.79 Å². The first-order chi connectivity index (χ1) is 6.76. The van der Waals surface area contributed by atoms with Crippen molar-refractivity contribution in [3.05, 3.63) is 0 Å². The molecule has 0 radical (unpaired) electrons. The number of rotatable bonds is 4. The molecular weight excluding hydrogens is 196 g/mol. The molecule has 0 saturated carbocycles. The SMILES string of the molecule is CCCN(CC(N)=O)C(=O)OC(C)(C)C. The van der Waals surface area contributed by atoms with Gasteiger partial charge in [0.2, 0.25) is 5.91 Å². The second-order valence-electron chi connectivity index (χ2n) is 4.37. The van der Waals surface area contributed by atoms with Gasteiger partial charge in [-0.25, -0.2) is 4.79 Å². The molecule has 2 N–H and O–H groups in total. The highest BCUT2D eigenvalue weighted by atomic mass is 16.6. The maximum atomic E-state index is 11.6. The zero-order valence-electron chi connectivity index (χ0n) is 9.87. The quantitative estimate of drug-likeness (QED) is 0.765. The van der Waals surface area contributed by atoms with Crippen LogP contribution in [0.1, 0.15) is 34.1 Å². The van der Waals surface area contributed by atoms with Crippen LogP contribution in [0.3, 0.4) is 0 Å². The molecule has 0 aliphatic carbocycles. The van der Waals surface area contributed by atoms with Gasteiger partial charge in [-0.3, -0.25) is 9.69 Å². The fraction of sp³-hybridized carbons (Fsp3) is 0.800. The number of hydrogen-bond acceptors (Lipinski definition) is 3. The Kier molecular flexibility index (Phi) is 5.11. The Morgan fingerprint density at radius 3 is 2.20 bits per heavy atom. The summed E-state index contributed by atoms with van der Waals surface area (Å²) in [5.41, 5.74) is 4.48. The summed E-state index contributed by atoms with van der Waals surface area (Å²) in [5, 5.41) is 0. The average Bonchev–Trinajstić information content (AvgIpc) is 1.99. The number of carbonyl (C=O) groups is 2. The maximum Gasteiger partial charge on any atom is 0.410 e. The van der Waals surface area contributed by atoms with Crippen molar-refractivity contribution in [3.8, 4) is 0 Å². The van der Waals surface area contributed by atoms with Gasteiger partial charge in [0.05, 0.1) is 0 Å². The maximum absolute atomic E-state index is 11.6. The molecule has 5 heteroatoms. The molecule has 0 aliphatic rings. The van der Waals surface area contributed by atoms with Gasteiger partial charge < -0.3 is 10.5 Å². The van der Waals surface area contributed by atoms with Gasteiger partial charge in [0.15, 0.2) is 0 Å². The molecule has 0 fully saturated rings. The summed E-state index contributed by atoms with van der Waals surface area (Å²) in [6.45, 7) is 7.62. The van der Waals surface area contributed by atoms with E-state index in [9.17, 15) is 9.59 Å². The van der Waals surface area contributed by atoms with E-state index in [0.717, 1.165) is 6.42 Å². The molecule has 15 heavy (non-hydrogen) atoms. The van der Waals surface area contributed by atoms with Gasteiger partial charge in [-0.2, -0.15) is 0 Å². The molecule has 88 valence electrons. The number of ether oxygens (including phenoxy) is 1. The lowest BCUT2D eigenvalue weighted by Gasteiger charge is -2.26. The summed E-state index contributed by atoms with van der Waals surface area (Å²) in [6.07, 6.45) is 0.259. The van der Waals surface area contributed by atoms with Gasteiger partial charge >= 0.3 is 6.09 Å². The Balaban J connectivity index is 4.35. The molecular formula is C10H20N2O3. The Morgan fingerprint density at radius 1 is 1.33 bits per heavy atom. The molecule has 0 spiro atoms. The van der Waals surface area contributed by atoms with E-state index in [1.54, 1.807) is 20.8 Å². The van der Waals surface area contributed by atoms with Crippen LogP contribution in [0.25, 0.3) is 0 Å². The lowest BCUT2D eigenvalue weighted by molar-refractivity contribution is -0.119. The molecule has 0 aromatic rings. The first-order valence-electron chi connectivity index (χ1n) is 5.02. The van der Waals surface area contributed by atoms with Crippen LogP contribution in [-0.4, -0.2) is 35.6 Å². The third-order valence-corrected chi connectivity index (χ3v) is 1.49. The average molecular weight is 216 g/mol. The van der Waals surface area contributed by atoms with Gasteiger partial charge in [0.1, 0.15) is 12.1 Å². The smallest absolute Gasteiger partial charge is 0.410 e.